The molecule has 3 unspecified atom stereocenters. The first-order valence-corrected chi connectivity index (χ1v) is 7.47. The molecule has 0 saturated carbocycles. The molecule has 1 aromatic carbocycles. The summed E-state index contributed by atoms with van der Waals surface area (Å²) in [4.78, 5) is 2.50. The van der Waals surface area contributed by atoms with Crippen LogP contribution in [-0.2, 0) is 4.74 Å². The zero-order valence-electron chi connectivity index (χ0n) is 11.1. The smallest absolute Gasteiger partial charge is 0.0707 e. The normalized spacial score (nSPS) is 28.5. The first kappa shape index (κ1) is 13.4. The summed E-state index contributed by atoms with van der Waals surface area (Å²) < 4.78 is 5.84. The summed E-state index contributed by atoms with van der Waals surface area (Å²) >= 11 is 6.00. The van der Waals surface area contributed by atoms with Crippen LogP contribution in [0.2, 0.25) is 5.02 Å². The molecule has 0 spiro atoms. The van der Waals surface area contributed by atoms with E-state index in [1.807, 2.05) is 18.2 Å². The average molecular weight is 281 g/mol. The molecule has 0 radical (unpaired) electrons. The van der Waals surface area contributed by atoms with Gasteiger partial charge in [-0.15, -0.1) is 0 Å². The molecule has 0 aliphatic carbocycles. The Balaban J connectivity index is 1.52. The van der Waals surface area contributed by atoms with Gasteiger partial charge in [0.2, 0.25) is 0 Å². The highest BCUT2D eigenvalue weighted by Crippen LogP contribution is 2.27. The van der Waals surface area contributed by atoms with E-state index < -0.39 is 0 Å². The van der Waals surface area contributed by atoms with Crippen molar-refractivity contribution >= 4 is 11.6 Å². The molecule has 3 rings (SSSR count). The van der Waals surface area contributed by atoms with Crippen LogP contribution in [0.3, 0.4) is 0 Å². The summed E-state index contributed by atoms with van der Waals surface area (Å²) in [6.45, 7) is 3.18. The van der Waals surface area contributed by atoms with Crippen molar-refractivity contribution in [2.75, 3.05) is 19.6 Å². The Kier molecular flexibility index (Phi) is 4.08. The molecule has 3 nitrogen and oxygen atoms in total. The molecule has 3 atom stereocenters. The molecule has 0 aromatic heterocycles. The summed E-state index contributed by atoms with van der Waals surface area (Å²) in [5, 5.41) is 0.761. The summed E-state index contributed by atoms with van der Waals surface area (Å²) in [7, 11) is 0. The third-order valence-corrected chi connectivity index (χ3v) is 4.39. The Morgan fingerprint density at radius 2 is 2.05 bits per heavy atom. The second-order valence-corrected chi connectivity index (χ2v) is 6.10. The number of hydrogen-bond acceptors (Lipinski definition) is 3. The van der Waals surface area contributed by atoms with E-state index in [0.29, 0.717) is 12.2 Å². The Morgan fingerprint density at radius 1 is 1.32 bits per heavy atom. The summed E-state index contributed by atoms with van der Waals surface area (Å²) in [6.07, 6.45) is 4.34. The maximum atomic E-state index is 6.25. The number of morpholine rings is 1. The predicted octanol–water partition coefficient (Wildman–Crippen LogP) is 2.59. The second-order valence-electron chi connectivity index (χ2n) is 5.67. The van der Waals surface area contributed by atoms with Crippen LogP contribution in [0.25, 0.3) is 0 Å². The van der Waals surface area contributed by atoms with Crippen molar-refractivity contribution in [3.8, 4) is 0 Å². The number of nitrogens with two attached hydrogens (primary N) is 1. The van der Waals surface area contributed by atoms with Crippen molar-refractivity contribution in [3.63, 3.8) is 0 Å². The standard InChI is InChI=1S/C15H21ClN2O/c16-12-3-1-2-11(8-12)15(17)6-7-18-9-13-4-5-14(10-18)19-13/h1-3,8,13-15H,4-7,9-10,17H2. The molecule has 2 saturated heterocycles. The number of rotatable bonds is 4. The van der Waals surface area contributed by atoms with Crippen LogP contribution >= 0.6 is 11.6 Å². The number of nitrogens with zero attached hydrogens (tertiary/aromatic N) is 1. The van der Waals surface area contributed by atoms with Crippen molar-refractivity contribution in [3.05, 3.63) is 34.9 Å². The minimum absolute atomic E-state index is 0.0687. The first-order chi connectivity index (χ1) is 9.20. The van der Waals surface area contributed by atoms with Crippen molar-refractivity contribution < 1.29 is 4.74 Å². The van der Waals surface area contributed by atoms with Crippen molar-refractivity contribution in [1.29, 1.82) is 0 Å². The van der Waals surface area contributed by atoms with Gasteiger partial charge in [0.25, 0.3) is 0 Å². The fourth-order valence-corrected chi connectivity index (χ4v) is 3.31. The van der Waals surface area contributed by atoms with E-state index in [1.54, 1.807) is 0 Å². The molecule has 2 N–H and O–H groups in total. The Hall–Kier alpha value is -0.610. The van der Waals surface area contributed by atoms with Gasteiger partial charge in [-0.1, -0.05) is 23.7 Å². The van der Waals surface area contributed by atoms with Crippen LogP contribution in [0.1, 0.15) is 30.9 Å². The van der Waals surface area contributed by atoms with Crippen LogP contribution in [0, 0.1) is 0 Å². The molecule has 104 valence electrons. The van der Waals surface area contributed by atoms with Crippen LogP contribution in [0.5, 0.6) is 0 Å². The lowest BCUT2D eigenvalue weighted by Crippen LogP contribution is -2.43. The number of fused-ring (bicyclic) bond motifs is 2. The van der Waals surface area contributed by atoms with Gasteiger partial charge in [-0.2, -0.15) is 0 Å². The number of likely N-dealkylation sites (tertiary alicyclic amines) is 1. The van der Waals surface area contributed by atoms with Gasteiger partial charge in [-0.25, -0.2) is 0 Å². The maximum absolute atomic E-state index is 6.25. The van der Waals surface area contributed by atoms with E-state index in [4.69, 9.17) is 22.1 Å². The molecule has 0 amide bonds. The molecule has 1 aromatic rings. The highest BCUT2D eigenvalue weighted by atomic mass is 35.5. The van der Waals surface area contributed by atoms with Gasteiger partial charge in [0.1, 0.15) is 0 Å². The molecule has 4 heteroatoms. The summed E-state index contributed by atoms with van der Waals surface area (Å²) in [5.41, 5.74) is 7.38. The molecule has 2 fully saturated rings. The van der Waals surface area contributed by atoms with Crippen molar-refractivity contribution in [2.45, 2.75) is 37.5 Å². The minimum atomic E-state index is 0.0687. The fourth-order valence-electron chi connectivity index (χ4n) is 3.11. The van der Waals surface area contributed by atoms with E-state index in [-0.39, 0.29) is 6.04 Å². The number of benzene rings is 1. The SMILES string of the molecule is NC(CCN1CC2CCC(C1)O2)c1cccc(Cl)c1. The van der Waals surface area contributed by atoms with Gasteiger partial charge in [0, 0.05) is 30.7 Å². The molecular weight excluding hydrogens is 260 g/mol. The van der Waals surface area contributed by atoms with Crippen molar-refractivity contribution in [2.24, 2.45) is 5.73 Å². The number of halogens is 1. The summed E-state index contributed by atoms with van der Waals surface area (Å²) in [6, 6.07) is 7.94. The van der Waals surface area contributed by atoms with Crippen LogP contribution in [0.4, 0.5) is 0 Å². The lowest BCUT2D eigenvalue weighted by molar-refractivity contribution is -0.0388. The predicted molar refractivity (Wildman–Crippen MR) is 77.3 cm³/mol. The lowest BCUT2D eigenvalue weighted by Gasteiger charge is -2.32. The Morgan fingerprint density at radius 3 is 2.74 bits per heavy atom. The van der Waals surface area contributed by atoms with E-state index in [0.717, 1.165) is 36.6 Å². The van der Waals surface area contributed by atoms with Gasteiger partial charge >= 0.3 is 0 Å². The Bertz CT molecular complexity index is 428. The van der Waals surface area contributed by atoms with Gasteiger partial charge in [0.05, 0.1) is 12.2 Å². The van der Waals surface area contributed by atoms with Crippen LogP contribution < -0.4 is 5.73 Å². The topological polar surface area (TPSA) is 38.5 Å². The van der Waals surface area contributed by atoms with Gasteiger partial charge < -0.3 is 10.5 Å². The quantitative estimate of drug-likeness (QED) is 0.921. The van der Waals surface area contributed by atoms with E-state index in [2.05, 4.69) is 11.0 Å². The van der Waals surface area contributed by atoms with Crippen LogP contribution in [-0.4, -0.2) is 36.7 Å². The molecule has 2 heterocycles. The first-order valence-electron chi connectivity index (χ1n) is 7.09. The van der Waals surface area contributed by atoms with Crippen molar-refractivity contribution in [1.82, 2.24) is 4.90 Å². The van der Waals surface area contributed by atoms with E-state index in [1.165, 1.54) is 12.8 Å². The zero-order valence-corrected chi connectivity index (χ0v) is 11.9. The van der Waals surface area contributed by atoms with Gasteiger partial charge in [0.15, 0.2) is 0 Å². The molecular formula is C15H21ClN2O. The third kappa shape index (κ3) is 3.29. The number of hydrogen-bond donors (Lipinski definition) is 1. The third-order valence-electron chi connectivity index (χ3n) is 4.15. The maximum Gasteiger partial charge on any atom is 0.0707 e. The second kappa shape index (κ2) is 5.80. The fraction of sp³-hybridized carbons (Fsp3) is 0.600. The zero-order chi connectivity index (χ0) is 13.2. The molecule has 2 aliphatic rings. The monoisotopic (exact) mass is 280 g/mol. The molecule has 2 aliphatic heterocycles. The van der Waals surface area contributed by atoms with Crippen LogP contribution in [0.15, 0.2) is 24.3 Å². The highest BCUT2D eigenvalue weighted by Gasteiger charge is 2.33. The Labute approximate surface area is 119 Å². The van der Waals surface area contributed by atoms with Gasteiger partial charge in [-0.3, -0.25) is 4.90 Å². The number of ether oxygens (including phenoxy) is 1. The molecule has 2 bridgehead atoms. The van der Waals surface area contributed by atoms with E-state index in [9.17, 15) is 0 Å². The highest BCUT2D eigenvalue weighted by molar-refractivity contribution is 6.30. The van der Waals surface area contributed by atoms with Gasteiger partial charge in [-0.05, 0) is 37.0 Å². The molecule has 19 heavy (non-hydrogen) atoms. The lowest BCUT2D eigenvalue weighted by atomic mass is 10.0. The summed E-state index contributed by atoms with van der Waals surface area (Å²) in [5.74, 6) is 0. The largest absolute Gasteiger partial charge is 0.372 e. The average Bonchev–Trinajstić information content (AvgIpc) is 2.75. The van der Waals surface area contributed by atoms with E-state index >= 15 is 0 Å². The minimum Gasteiger partial charge on any atom is -0.372 e.